The van der Waals surface area contributed by atoms with Crippen LogP contribution in [-0.2, 0) is 0 Å². The molecular weight excluding hydrogens is 419 g/mol. The number of carbonyl (C=O) groups excluding carboxylic acids is 2. The van der Waals surface area contributed by atoms with Crippen molar-refractivity contribution in [3.63, 3.8) is 0 Å². The summed E-state index contributed by atoms with van der Waals surface area (Å²) < 4.78 is 6.51. The Bertz CT molecular complexity index is 714. The van der Waals surface area contributed by atoms with Gasteiger partial charge in [-0.25, -0.2) is 0 Å². The van der Waals surface area contributed by atoms with E-state index in [-0.39, 0.29) is 11.8 Å². The minimum absolute atomic E-state index is 0.362. The van der Waals surface area contributed by atoms with Gasteiger partial charge in [-0.3, -0.25) is 20.4 Å². The summed E-state index contributed by atoms with van der Waals surface area (Å²) in [4.78, 5) is 24.0. The molecule has 5 nitrogen and oxygen atoms in total. The monoisotopic (exact) mass is 438 g/mol. The summed E-state index contributed by atoms with van der Waals surface area (Å²) in [5.74, 6) is 0.399. The van der Waals surface area contributed by atoms with E-state index in [2.05, 4.69) is 47.3 Å². The first-order chi connectivity index (χ1) is 11.5. The first-order valence-electron chi connectivity index (χ1n) is 7.55. The molecule has 0 unspecified atom stereocenters. The van der Waals surface area contributed by atoms with Gasteiger partial charge in [0.05, 0.1) is 6.61 Å². The maximum absolute atomic E-state index is 12.1. The summed E-state index contributed by atoms with van der Waals surface area (Å²) in [5.41, 5.74) is 5.74. The van der Waals surface area contributed by atoms with Crippen LogP contribution < -0.4 is 15.6 Å². The molecule has 0 fully saturated rings. The maximum Gasteiger partial charge on any atom is 0.269 e. The highest BCUT2D eigenvalue weighted by Crippen LogP contribution is 2.13. The highest BCUT2D eigenvalue weighted by atomic mass is 127. The van der Waals surface area contributed by atoms with Gasteiger partial charge in [-0.1, -0.05) is 19.9 Å². The van der Waals surface area contributed by atoms with Crippen LogP contribution in [0.15, 0.2) is 48.5 Å². The van der Waals surface area contributed by atoms with Crippen LogP contribution in [-0.4, -0.2) is 18.4 Å². The third-order valence-corrected chi connectivity index (χ3v) is 3.75. The second-order valence-corrected chi connectivity index (χ2v) is 6.89. The zero-order valence-corrected chi connectivity index (χ0v) is 15.7. The van der Waals surface area contributed by atoms with E-state index < -0.39 is 0 Å². The molecule has 2 rings (SSSR count). The lowest BCUT2D eigenvalue weighted by Gasteiger charge is -2.10. The Balaban J connectivity index is 1.89. The van der Waals surface area contributed by atoms with E-state index >= 15 is 0 Å². The molecule has 0 heterocycles. The molecule has 0 aliphatic rings. The molecule has 0 aliphatic carbocycles. The third-order valence-electron chi connectivity index (χ3n) is 3.08. The lowest BCUT2D eigenvalue weighted by molar-refractivity contribution is 0.0846. The standard InChI is InChI=1S/C18H19IN2O3/c1-12(2)11-24-16-8-6-13(7-9-16)17(22)20-21-18(23)14-4-3-5-15(19)10-14/h3-10,12H,11H2,1-2H3,(H,20,22)(H,21,23). The lowest BCUT2D eigenvalue weighted by atomic mass is 10.2. The number of hydrogen-bond acceptors (Lipinski definition) is 3. The molecule has 0 bridgehead atoms. The molecule has 2 aromatic carbocycles. The largest absolute Gasteiger partial charge is 0.493 e. The van der Waals surface area contributed by atoms with Crippen molar-refractivity contribution in [2.75, 3.05) is 6.61 Å². The van der Waals surface area contributed by atoms with Crippen LogP contribution in [0.1, 0.15) is 34.6 Å². The topological polar surface area (TPSA) is 67.4 Å². The molecule has 0 saturated heterocycles. The van der Waals surface area contributed by atoms with Crippen LogP contribution in [0.25, 0.3) is 0 Å². The SMILES string of the molecule is CC(C)COc1ccc(C(=O)NNC(=O)c2cccc(I)c2)cc1. The smallest absolute Gasteiger partial charge is 0.269 e. The molecule has 24 heavy (non-hydrogen) atoms. The van der Waals surface area contributed by atoms with Crippen LogP contribution >= 0.6 is 22.6 Å². The van der Waals surface area contributed by atoms with Gasteiger partial charge in [-0.15, -0.1) is 0 Å². The van der Waals surface area contributed by atoms with E-state index in [0.29, 0.717) is 29.4 Å². The van der Waals surface area contributed by atoms with Crippen LogP contribution in [0.4, 0.5) is 0 Å². The fourth-order valence-electron chi connectivity index (χ4n) is 1.85. The van der Waals surface area contributed by atoms with E-state index in [1.165, 1.54) is 0 Å². The highest BCUT2D eigenvalue weighted by molar-refractivity contribution is 14.1. The van der Waals surface area contributed by atoms with E-state index in [9.17, 15) is 9.59 Å². The number of carbonyl (C=O) groups is 2. The van der Waals surface area contributed by atoms with Crippen LogP contribution in [0.2, 0.25) is 0 Å². The molecule has 6 heteroatoms. The van der Waals surface area contributed by atoms with Crippen LogP contribution in [0, 0.1) is 9.49 Å². The van der Waals surface area contributed by atoms with Gasteiger partial charge in [0.15, 0.2) is 0 Å². The second kappa shape index (κ2) is 8.68. The van der Waals surface area contributed by atoms with Crippen molar-refractivity contribution in [1.29, 1.82) is 0 Å². The number of nitrogens with one attached hydrogen (secondary N) is 2. The Morgan fingerprint density at radius 2 is 1.62 bits per heavy atom. The lowest BCUT2D eigenvalue weighted by Crippen LogP contribution is -2.41. The quantitative estimate of drug-likeness (QED) is 0.556. The summed E-state index contributed by atoms with van der Waals surface area (Å²) in [5, 5.41) is 0. The minimum Gasteiger partial charge on any atom is -0.493 e. The van der Waals surface area contributed by atoms with Crippen molar-refractivity contribution in [3.8, 4) is 5.75 Å². The number of benzene rings is 2. The fraction of sp³-hybridized carbons (Fsp3) is 0.222. The summed E-state index contributed by atoms with van der Waals surface area (Å²) in [6, 6.07) is 13.9. The van der Waals surface area contributed by atoms with E-state index in [1.54, 1.807) is 42.5 Å². The summed E-state index contributed by atoms with van der Waals surface area (Å²) >= 11 is 2.12. The second-order valence-electron chi connectivity index (χ2n) is 5.65. The zero-order valence-electron chi connectivity index (χ0n) is 13.5. The highest BCUT2D eigenvalue weighted by Gasteiger charge is 2.09. The Labute approximate surface area is 154 Å². The average molecular weight is 438 g/mol. The summed E-state index contributed by atoms with van der Waals surface area (Å²) in [6.07, 6.45) is 0. The van der Waals surface area contributed by atoms with E-state index in [4.69, 9.17) is 4.74 Å². The number of amides is 2. The number of halogens is 1. The molecule has 0 saturated carbocycles. The summed E-state index contributed by atoms with van der Waals surface area (Å²) in [6.45, 7) is 4.76. The molecule has 0 radical (unpaired) electrons. The first kappa shape index (κ1) is 18.3. The van der Waals surface area contributed by atoms with Gasteiger partial charge in [-0.2, -0.15) is 0 Å². The predicted molar refractivity (Wildman–Crippen MR) is 101 cm³/mol. The predicted octanol–water partition coefficient (Wildman–Crippen LogP) is 3.40. The van der Waals surface area contributed by atoms with Gasteiger partial charge in [0.1, 0.15) is 5.75 Å². The van der Waals surface area contributed by atoms with Crippen molar-refractivity contribution in [2.45, 2.75) is 13.8 Å². The first-order valence-corrected chi connectivity index (χ1v) is 8.62. The van der Waals surface area contributed by atoms with Crippen molar-refractivity contribution in [1.82, 2.24) is 10.9 Å². The van der Waals surface area contributed by atoms with Gasteiger partial charge in [0.25, 0.3) is 11.8 Å². The molecule has 2 aromatic rings. The Morgan fingerprint density at radius 1 is 1.00 bits per heavy atom. The molecule has 2 N–H and O–H groups in total. The zero-order chi connectivity index (χ0) is 17.5. The molecule has 2 amide bonds. The van der Waals surface area contributed by atoms with Crippen molar-refractivity contribution >= 4 is 34.4 Å². The van der Waals surface area contributed by atoms with Crippen LogP contribution in [0.3, 0.4) is 0 Å². The van der Waals surface area contributed by atoms with Gasteiger partial charge in [-0.05, 0) is 71.0 Å². The minimum atomic E-state index is -0.385. The molecule has 0 spiro atoms. The Morgan fingerprint density at radius 3 is 2.21 bits per heavy atom. The van der Waals surface area contributed by atoms with Crippen molar-refractivity contribution in [2.24, 2.45) is 5.92 Å². The molecule has 126 valence electrons. The average Bonchev–Trinajstić information content (AvgIpc) is 2.58. The Kier molecular flexibility index (Phi) is 6.60. The number of ether oxygens (including phenoxy) is 1. The van der Waals surface area contributed by atoms with Gasteiger partial charge >= 0.3 is 0 Å². The molecule has 0 aliphatic heterocycles. The maximum atomic E-state index is 12.1. The number of hydrazine groups is 1. The van der Waals surface area contributed by atoms with Crippen molar-refractivity contribution in [3.05, 3.63) is 63.2 Å². The molecule has 0 atom stereocenters. The fourth-order valence-corrected chi connectivity index (χ4v) is 2.40. The van der Waals surface area contributed by atoms with Crippen molar-refractivity contribution < 1.29 is 14.3 Å². The van der Waals surface area contributed by atoms with Gasteiger partial charge < -0.3 is 4.74 Å². The molecular formula is C18H19IN2O3. The Hall–Kier alpha value is -2.09. The van der Waals surface area contributed by atoms with Crippen LogP contribution in [0.5, 0.6) is 5.75 Å². The van der Waals surface area contributed by atoms with E-state index in [1.807, 2.05) is 6.07 Å². The van der Waals surface area contributed by atoms with E-state index in [0.717, 1.165) is 3.57 Å². The number of rotatable bonds is 5. The van der Waals surface area contributed by atoms with Gasteiger partial charge in [0, 0.05) is 14.7 Å². The molecule has 0 aromatic heterocycles. The summed E-state index contributed by atoms with van der Waals surface area (Å²) in [7, 11) is 0. The normalized spacial score (nSPS) is 10.3. The third kappa shape index (κ3) is 5.52. The van der Waals surface area contributed by atoms with Gasteiger partial charge in [0.2, 0.25) is 0 Å². The number of hydrogen-bond donors (Lipinski definition) is 2.